The van der Waals surface area contributed by atoms with Gasteiger partial charge in [-0.15, -0.1) is 0 Å². The van der Waals surface area contributed by atoms with Crippen LogP contribution in [0.5, 0.6) is 0 Å². The smallest absolute Gasteiger partial charge is 0.220 e. The summed E-state index contributed by atoms with van der Waals surface area (Å²) in [4.78, 5) is 13.1. The average molecular weight is 910 g/mol. The van der Waals surface area contributed by atoms with Gasteiger partial charge in [-0.25, -0.2) is 0 Å². The first-order valence-electron chi connectivity index (χ1n) is 27.9. The Morgan fingerprint density at radius 2 is 0.875 bits per heavy atom. The number of amides is 1. The third-order valence-electron chi connectivity index (χ3n) is 13.6. The summed E-state index contributed by atoms with van der Waals surface area (Å²) in [5, 5.41) is 54.6. The highest BCUT2D eigenvalue weighted by Crippen LogP contribution is 2.23. The predicted octanol–water partition coefficient (Wildman–Crippen LogP) is 13.2. The highest BCUT2D eigenvalue weighted by atomic mass is 16.7. The SMILES string of the molecule is CCCCCCCCCCCCC/C=C\CCCCCCCCCC(=O)NC(COC1OC(CO)C(O)C(O)C1O)C(O)CCCCCCCCCCCCCCCCCCCCC. The Hall–Kier alpha value is -1.07. The second-order valence-electron chi connectivity index (χ2n) is 19.7. The van der Waals surface area contributed by atoms with Crippen molar-refractivity contribution in [3.05, 3.63) is 12.2 Å². The lowest BCUT2D eigenvalue weighted by Gasteiger charge is -2.40. The van der Waals surface area contributed by atoms with Gasteiger partial charge in [0, 0.05) is 6.42 Å². The van der Waals surface area contributed by atoms with Crippen LogP contribution in [0, 0.1) is 0 Å². The highest BCUT2D eigenvalue weighted by Gasteiger charge is 2.44. The molecule has 0 bridgehead atoms. The zero-order chi connectivity index (χ0) is 46.6. The molecule has 0 aromatic heterocycles. The van der Waals surface area contributed by atoms with Gasteiger partial charge in [0.25, 0.3) is 0 Å². The predicted molar refractivity (Wildman–Crippen MR) is 267 cm³/mol. The van der Waals surface area contributed by atoms with Gasteiger partial charge in [0.1, 0.15) is 24.4 Å². The number of ether oxygens (including phenoxy) is 2. The Labute approximate surface area is 395 Å². The number of nitrogens with one attached hydrogen (secondary N) is 1. The lowest BCUT2D eigenvalue weighted by molar-refractivity contribution is -0.302. The number of carbonyl (C=O) groups is 1. The quantitative estimate of drug-likeness (QED) is 0.0261. The van der Waals surface area contributed by atoms with Crippen LogP contribution in [0.15, 0.2) is 12.2 Å². The Morgan fingerprint density at radius 3 is 1.27 bits per heavy atom. The van der Waals surface area contributed by atoms with E-state index in [1.54, 1.807) is 0 Å². The number of aliphatic hydroxyl groups excluding tert-OH is 5. The summed E-state index contributed by atoms with van der Waals surface area (Å²) in [6.07, 6.45) is 48.0. The molecule has 6 N–H and O–H groups in total. The molecule has 1 fully saturated rings. The standard InChI is InChI=1S/C55H107NO8/c1-3-5-7-9-11-13-15-17-19-21-23-24-25-27-29-31-33-35-37-39-41-43-45-51(59)56-48(47-63-55-54(62)53(61)52(60)50(46-57)64-55)49(58)44-42-40-38-36-34-32-30-28-26-22-20-18-16-14-12-10-8-6-4-2/h25,27,48-50,52-55,57-58,60-62H,3-24,26,28-47H2,1-2H3,(H,56,59)/b27-25-. The van der Waals surface area contributed by atoms with Gasteiger partial charge in [-0.2, -0.15) is 0 Å². The van der Waals surface area contributed by atoms with Gasteiger partial charge in [-0.3, -0.25) is 4.79 Å². The Bertz CT molecular complexity index is 1010. The summed E-state index contributed by atoms with van der Waals surface area (Å²) in [6, 6.07) is -0.718. The van der Waals surface area contributed by atoms with E-state index in [0.29, 0.717) is 12.8 Å². The van der Waals surface area contributed by atoms with Gasteiger partial charge in [0.2, 0.25) is 5.91 Å². The maximum Gasteiger partial charge on any atom is 0.220 e. The van der Waals surface area contributed by atoms with Crippen LogP contribution in [0.3, 0.4) is 0 Å². The minimum Gasteiger partial charge on any atom is -0.394 e. The van der Waals surface area contributed by atoms with Crippen molar-refractivity contribution in [3.8, 4) is 0 Å². The van der Waals surface area contributed by atoms with Crippen molar-refractivity contribution in [1.29, 1.82) is 0 Å². The molecule has 1 rings (SSSR count). The molecule has 1 saturated heterocycles. The molecule has 0 aromatic rings. The molecule has 380 valence electrons. The summed E-state index contributed by atoms with van der Waals surface area (Å²) < 4.78 is 11.3. The molecule has 1 aliphatic rings. The number of rotatable bonds is 48. The van der Waals surface area contributed by atoms with E-state index < -0.39 is 49.5 Å². The fraction of sp³-hybridized carbons (Fsp3) is 0.945. The van der Waals surface area contributed by atoms with Gasteiger partial charge in [0.15, 0.2) is 6.29 Å². The Kier molecular flexibility index (Phi) is 43.5. The number of hydrogen-bond donors (Lipinski definition) is 6. The van der Waals surface area contributed by atoms with E-state index in [4.69, 9.17) is 9.47 Å². The number of allylic oxidation sites excluding steroid dienone is 2. The normalized spacial score (nSPS) is 20.0. The maximum absolute atomic E-state index is 13.1. The van der Waals surface area contributed by atoms with E-state index in [1.165, 1.54) is 212 Å². The second-order valence-corrected chi connectivity index (χ2v) is 19.7. The molecule has 9 nitrogen and oxygen atoms in total. The van der Waals surface area contributed by atoms with Gasteiger partial charge >= 0.3 is 0 Å². The fourth-order valence-corrected chi connectivity index (χ4v) is 9.16. The molecule has 0 radical (unpaired) electrons. The lowest BCUT2D eigenvalue weighted by atomic mass is 9.99. The summed E-state index contributed by atoms with van der Waals surface area (Å²) in [6.45, 7) is 3.87. The summed E-state index contributed by atoms with van der Waals surface area (Å²) >= 11 is 0. The molecule has 0 aromatic carbocycles. The summed E-state index contributed by atoms with van der Waals surface area (Å²) in [5.41, 5.74) is 0. The van der Waals surface area contributed by atoms with Crippen LogP contribution < -0.4 is 5.32 Å². The zero-order valence-electron chi connectivity index (χ0n) is 42.1. The number of hydrogen-bond acceptors (Lipinski definition) is 8. The average Bonchev–Trinajstić information content (AvgIpc) is 3.29. The van der Waals surface area contributed by atoms with Crippen molar-refractivity contribution in [2.24, 2.45) is 0 Å². The fourth-order valence-electron chi connectivity index (χ4n) is 9.16. The molecule has 7 atom stereocenters. The van der Waals surface area contributed by atoms with Crippen molar-refractivity contribution in [1.82, 2.24) is 5.32 Å². The monoisotopic (exact) mass is 910 g/mol. The van der Waals surface area contributed by atoms with E-state index >= 15 is 0 Å². The van der Waals surface area contributed by atoms with Crippen molar-refractivity contribution in [3.63, 3.8) is 0 Å². The summed E-state index contributed by atoms with van der Waals surface area (Å²) in [7, 11) is 0. The van der Waals surface area contributed by atoms with E-state index in [1.807, 2.05) is 0 Å². The molecular formula is C55H107NO8. The molecule has 0 spiro atoms. The molecule has 7 unspecified atom stereocenters. The number of carbonyl (C=O) groups excluding carboxylic acids is 1. The number of aliphatic hydroxyl groups is 5. The maximum atomic E-state index is 13.1. The van der Waals surface area contributed by atoms with Crippen molar-refractivity contribution >= 4 is 5.91 Å². The first-order chi connectivity index (χ1) is 31.3. The number of unbranched alkanes of at least 4 members (excludes halogenated alkanes) is 36. The minimum atomic E-state index is -1.55. The van der Waals surface area contributed by atoms with Crippen LogP contribution in [-0.4, -0.2) is 87.5 Å². The first kappa shape index (κ1) is 60.9. The lowest BCUT2D eigenvalue weighted by Crippen LogP contribution is -2.60. The third-order valence-corrected chi connectivity index (χ3v) is 13.6. The largest absolute Gasteiger partial charge is 0.394 e. The molecule has 1 heterocycles. The van der Waals surface area contributed by atoms with E-state index in [0.717, 1.165) is 38.5 Å². The molecule has 0 aliphatic carbocycles. The molecular weight excluding hydrogens is 803 g/mol. The molecule has 64 heavy (non-hydrogen) atoms. The van der Waals surface area contributed by atoms with Crippen molar-refractivity contribution < 1.29 is 39.8 Å². The Morgan fingerprint density at radius 1 is 0.516 bits per heavy atom. The molecule has 1 amide bonds. The van der Waals surface area contributed by atoms with Crippen LogP contribution in [0.1, 0.15) is 277 Å². The van der Waals surface area contributed by atoms with E-state index in [2.05, 4.69) is 31.3 Å². The second kappa shape index (κ2) is 45.7. The van der Waals surface area contributed by atoms with Gasteiger partial charge in [-0.1, -0.05) is 244 Å². The highest BCUT2D eigenvalue weighted by molar-refractivity contribution is 5.76. The van der Waals surface area contributed by atoms with Crippen molar-refractivity contribution in [2.45, 2.75) is 320 Å². The minimum absolute atomic E-state index is 0.136. The van der Waals surface area contributed by atoms with Gasteiger partial charge in [0.05, 0.1) is 25.4 Å². The van der Waals surface area contributed by atoms with Crippen LogP contribution in [-0.2, 0) is 14.3 Å². The molecule has 9 heteroatoms. The van der Waals surface area contributed by atoms with Crippen LogP contribution in [0.25, 0.3) is 0 Å². The summed E-state index contributed by atoms with van der Waals surface area (Å²) in [5.74, 6) is -0.144. The first-order valence-corrected chi connectivity index (χ1v) is 27.9. The third kappa shape index (κ3) is 35.1. The van der Waals surface area contributed by atoms with Gasteiger partial charge in [-0.05, 0) is 38.5 Å². The molecule has 0 saturated carbocycles. The van der Waals surface area contributed by atoms with Crippen LogP contribution >= 0.6 is 0 Å². The van der Waals surface area contributed by atoms with E-state index in [-0.39, 0.29) is 12.5 Å². The van der Waals surface area contributed by atoms with Crippen LogP contribution in [0.4, 0.5) is 0 Å². The zero-order valence-corrected chi connectivity index (χ0v) is 42.1. The topological polar surface area (TPSA) is 149 Å². The van der Waals surface area contributed by atoms with Crippen molar-refractivity contribution in [2.75, 3.05) is 13.2 Å². The Balaban J connectivity index is 2.23. The molecule has 1 aliphatic heterocycles. The van der Waals surface area contributed by atoms with E-state index in [9.17, 15) is 30.3 Å². The van der Waals surface area contributed by atoms with Crippen LogP contribution in [0.2, 0.25) is 0 Å². The van der Waals surface area contributed by atoms with Gasteiger partial charge < -0.3 is 40.3 Å².